The molecule has 1 nitrogen and oxygen atoms in total. The van der Waals surface area contributed by atoms with Crippen LogP contribution in [0.2, 0.25) is 0 Å². The number of aryl methyl sites for hydroxylation is 2. The van der Waals surface area contributed by atoms with Crippen LogP contribution in [-0.2, 0) is 6.42 Å². The Labute approximate surface area is 74.8 Å². The summed E-state index contributed by atoms with van der Waals surface area (Å²) in [4.78, 5) is 0. The number of hydrogen-bond donors (Lipinski definition) is 1. The summed E-state index contributed by atoms with van der Waals surface area (Å²) in [6.45, 7) is 5.36. The summed E-state index contributed by atoms with van der Waals surface area (Å²) in [6.07, 6.45) is 1.12. The SMILES string of the molecule is CNCCc1cc(C)cc(C)c1. The Morgan fingerprint density at radius 3 is 2.17 bits per heavy atom. The van der Waals surface area contributed by atoms with Gasteiger partial charge in [-0.2, -0.15) is 0 Å². The van der Waals surface area contributed by atoms with Crippen molar-refractivity contribution >= 4 is 0 Å². The van der Waals surface area contributed by atoms with E-state index in [2.05, 4.69) is 37.4 Å². The highest BCUT2D eigenvalue weighted by molar-refractivity contribution is 5.28. The van der Waals surface area contributed by atoms with E-state index >= 15 is 0 Å². The van der Waals surface area contributed by atoms with E-state index in [1.807, 2.05) is 7.05 Å². The van der Waals surface area contributed by atoms with Gasteiger partial charge in [0.25, 0.3) is 0 Å². The first-order valence-electron chi connectivity index (χ1n) is 4.44. The fourth-order valence-electron chi connectivity index (χ4n) is 1.48. The van der Waals surface area contributed by atoms with Crippen LogP contribution < -0.4 is 5.32 Å². The Morgan fingerprint density at radius 1 is 1.08 bits per heavy atom. The minimum absolute atomic E-state index is 1.06. The molecule has 1 aromatic carbocycles. The van der Waals surface area contributed by atoms with Gasteiger partial charge < -0.3 is 5.32 Å². The molecule has 0 saturated heterocycles. The molecule has 0 unspecified atom stereocenters. The molecule has 1 aromatic rings. The van der Waals surface area contributed by atoms with Crippen molar-refractivity contribution in [3.63, 3.8) is 0 Å². The van der Waals surface area contributed by atoms with Crippen molar-refractivity contribution in [1.29, 1.82) is 0 Å². The molecule has 1 N–H and O–H groups in total. The van der Waals surface area contributed by atoms with Crippen LogP contribution in [0.15, 0.2) is 18.2 Å². The van der Waals surface area contributed by atoms with Crippen molar-refractivity contribution in [3.05, 3.63) is 34.9 Å². The van der Waals surface area contributed by atoms with Gasteiger partial charge in [-0.1, -0.05) is 29.3 Å². The lowest BCUT2D eigenvalue weighted by atomic mass is 10.1. The van der Waals surface area contributed by atoms with Crippen molar-refractivity contribution in [1.82, 2.24) is 5.32 Å². The van der Waals surface area contributed by atoms with Crippen LogP contribution in [0.5, 0.6) is 0 Å². The van der Waals surface area contributed by atoms with Crippen LogP contribution in [0.25, 0.3) is 0 Å². The second-order valence-electron chi connectivity index (χ2n) is 3.35. The Bertz CT molecular complexity index is 233. The minimum atomic E-state index is 1.06. The van der Waals surface area contributed by atoms with Gasteiger partial charge in [-0.3, -0.25) is 0 Å². The molecular weight excluding hydrogens is 146 g/mol. The summed E-state index contributed by atoms with van der Waals surface area (Å²) in [7, 11) is 1.99. The second kappa shape index (κ2) is 4.27. The third kappa shape index (κ3) is 2.67. The van der Waals surface area contributed by atoms with Crippen LogP contribution in [0.1, 0.15) is 16.7 Å². The van der Waals surface area contributed by atoms with Crippen LogP contribution in [0, 0.1) is 13.8 Å². The number of hydrogen-bond acceptors (Lipinski definition) is 1. The van der Waals surface area contributed by atoms with E-state index in [9.17, 15) is 0 Å². The third-order valence-electron chi connectivity index (χ3n) is 1.95. The lowest BCUT2D eigenvalue weighted by Crippen LogP contribution is -2.10. The zero-order chi connectivity index (χ0) is 8.97. The molecule has 0 heterocycles. The van der Waals surface area contributed by atoms with Crippen LogP contribution in [0.3, 0.4) is 0 Å². The summed E-state index contributed by atoms with van der Waals surface area (Å²) in [6, 6.07) is 6.72. The van der Waals surface area contributed by atoms with Gasteiger partial charge >= 0.3 is 0 Å². The molecular formula is C11H17N. The molecule has 0 saturated carbocycles. The van der Waals surface area contributed by atoms with E-state index in [1.165, 1.54) is 16.7 Å². The molecule has 66 valence electrons. The molecule has 0 radical (unpaired) electrons. The number of likely N-dealkylation sites (N-methyl/N-ethyl adjacent to an activating group) is 1. The Balaban J connectivity index is 2.72. The average molecular weight is 163 g/mol. The molecule has 12 heavy (non-hydrogen) atoms. The quantitative estimate of drug-likeness (QED) is 0.719. The minimum Gasteiger partial charge on any atom is -0.319 e. The number of rotatable bonds is 3. The molecule has 0 aromatic heterocycles. The monoisotopic (exact) mass is 163 g/mol. The highest BCUT2D eigenvalue weighted by Crippen LogP contribution is 2.08. The first-order valence-corrected chi connectivity index (χ1v) is 4.44. The van der Waals surface area contributed by atoms with Crippen molar-refractivity contribution in [3.8, 4) is 0 Å². The van der Waals surface area contributed by atoms with E-state index in [-0.39, 0.29) is 0 Å². The molecule has 0 aliphatic rings. The summed E-state index contributed by atoms with van der Waals surface area (Å²) >= 11 is 0. The molecule has 0 bridgehead atoms. The fourth-order valence-corrected chi connectivity index (χ4v) is 1.48. The van der Waals surface area contributed by atoms with Gasteiger partial charge in [-0.15, -0.1) is 0 Å². The maximum Gasteiger partial charge on any atom is -0.00114 e. The van der Waals surface area contributed by atoms with Gasteiger partial charge in [0.2, 0.25) is 0 Å². The summed E-state index contributed by atoms with van der Waals surface area (Å²) in [5.74, 6) is 0. The van der Waals surface area contributed by atoms with Gasteiger partial charge in [-0.05, 0) is 39.4 Å². The Morgan fingerprint density at radius 2 is 1.67 bits per heavy atom. The maximum absolute atomic E-state index is 3.16. The van der Waals surface area contributed by atoms with Crippen molar-refractivity contribution in [2.45, 2.75) is 20.3 Å². The summed E-state index contributed by atoms with van der Waals surface area (Å²) in [5.41, 5.74) is 4.16. The van der Waals surface area contributed by atoms with E-state index in [0.717, 1.165) is 13.0 Å². The van der Waals surface area contributed by atoms with Crippen molar-refractivity contribution in [2.75, 3.05) is 13.6 Å². The Hall–Kier alpha value is -0.820. The van der Waals surface area contributed by atoms with Crippen LogP contribution in [0.4, 0.5) is 0 Å². The normalized spacial score (nSPS) is 10.2. The lowest BCUT2D eigenvalue weighted by molar-refractivity contribution is 0.791. The molecule has 0 aliphatic heterocycles. The van der Waals surface area contributed by atoms with E-state index in [0.29, 0.717) is 0 Å². The van der Waals surface area contributed by atoms with Gasteiger partial charge in [0, 0.05) is 0 Å². The topological polar surface area (TPSA) is 12.0 Å². The molecule has 0 aliphatic carbocycles. The molecule has 0 spiro atoms. The third-order valence-corrected chi connectivity index (χ3v) is 1.95. The molecule has 0 amide bonds. The number of nitrogens with one attached hydrogen (secondary N) is 1. The molecule has 0 fully saturated rings. The Kier molecular flexibility index (Phi) is 3.30. The predicted molar refractivity (Wildman–Crippen MR) is 53.5 cm³/mol. The fraction of sp³-hybridized carbons (Fsp3) is 0.455. The van der Waals surface area contributed by atoms with E-state index in [1.54, 1.807) is 0 Å². The summed E-state index contributed by atoms with van der Waals surface area (Å²) in [5, 5.41) is 3.16. The van der Waals surface area contributed by atoms with Gasteiger partial charge in [0.05, 0.1) is 0 Å². The smallest absolute Gasteiger partial charge is 0.00114 e. The molecule has 1 heteroatoms. The zero-order valence-corrected chi connectivity index (χ0v) is 8.15. The maximum atomic E-state index is 3.16. The van der Waals surface area contributed by atoms with Crippen molar-refractivity contribution in [2.24, 2.45) is 0 Å². The number of benzene rings is 1. The van der Waals surface area contributed by atoms with Crippen LogP contribution in [-0.4, -0.2) is 13.6 Å². The first-order chi connectivity index (χ1) is 5.72. The van der Waals surface area contributed by atoms with Gasteiger partial charge in [-0.25, -0.2) is 0 Å². The average Bonchev–Trinajstić information content (AvgIpc) is 1.99. The van der Waals surface area contributed by atoms with E-state index in [4.69, 9.17) is 0 Å². The predicted octanol–water partition coefficient (Wildman–Crippen LogP) is 2.07. The highest BCUT2D eigenvalue weighted by atomic mass is 14.8. The van der Waals surface area contributed by atoms with Gasteiger partial charge in [0.15, 0.2) is 0 Å². The zero-order valence-electron chi connectivity index (χ0n) is 8.15. The van der Waals surface area contributed by atoms with Gasteiger partial charge in [0.1, 0.15) is 0 Å². The highest BCUT2D eigenvalue weighted by Gasteiger charge is 1.94. The summed E-state index contributed by atoms with van der Waals surface area (Å²) < 4.78 is 0. The van der Waals surface area contributed by atoms with Crippen LogP contribution >= 0.6 is 0 Å². The standard InChI is InChI=1S/C11H17N/c1-9-6-10(2)8-11(7-9)4-5-12-3/h6-8,12H,4-5H2,1-3H3. The second-order valence-corrected chi connectivity index (χ2v) is 3.35. The lowest BCUT2D eigenvalue weighted by Gasteiger charge is -2.03. The largest absolute Gasteiger partial charge is 0.319 e. The molecule has 0 atom stereocenters. The van der Waals surface area contributed by atoms with E-state index < -0.39 is 0 Å². The molecule has 1 rings (SSSR count). The van der Waals surface area contributed by atoms with Crippen molar-refractivity contribution < 1.29 is 0 Å². The first kappa shape index (κ1) is 9.27.